The standard InChI is InChI=1S/C5H10O4S/c1-5(2)10(7,8)4-9-3-6/h3,5H,4H2,1-2H3. The topological polar surface area (TPSA) is 60.4 Å². The number of carbonyl (C=O) groups is 1. The van der Waals surface area contributed by atoms with Crippen molar-refractivity contribution in [1.82, 2.24) is 0 Å². The quantitative estimate of drug-likeness (QED) is 0.549. The highest BCUT2D eigenvalue weighted by atomic mass is 32.2. The van der Waals surface area contributed by atoms with Gasteiger partial charge in [0, 0.05) is 0 Å². The van der Waals surface area contributed by atoms with Gasteiger partial charge in [0.05, 0.1) is 5.25 Å². The number of rotatable bonds is 4. The van der Waals surface area contributed by atoms with Crippen LogP contribution in [0.25, 0.3) is 0 Å². The Kier molecular flexibility index (Phi) is 3.35. The van der Waals surface area contributed by atoms with E-state index in [4.69, 9.17) is 0 Å². The average molecular weight is 166 g/mol. The molecular formula is C5H10O4S. The van der Waals surface area contributed by atoms with E-state index in [0.29, 0.717) is 0 Å². The Balaban J connectivity index is 4.02. The third-order valence-electron chi connectivity index (χ3n) is 1.02. The summed E-state index contributed by atoms with van der Waals surface area (Å²) >= 11 is 0. The highest BCUT2D eigenvalue weighted by molar-refractivity contribution is 7.91. The molecular weight excluding hydrogens is 156 g/mol. The molecule has 0 aliphatic heterocycles. The van der Waals surface area contributed by atoms with Crippen LogP contribution in [-0.4, -0.2) is 26.1 Å². The predicted molar refractivity (Wildman–Crippen MR) is 36.1 cm³/mol. The molecule has 0 aromatic rings. The maximum absolute atomic E-state index is 10.8. The minimum Gasteiger partial charge on any atom is -0.451 e. The molecule has 5 heteroatoms. The molecule has 10 heavy (non-hydrogen) atoms. The fourth-order valence-electron chi connectivity index (χ4n) is 0.259. The molecule has 0 spiro atoms. The summed E-state index contributed by atoms with van der Waals surface area (Å²) in [6.07, 6.45) is 0. The summed E-state index contributed by atoms with van der Waals surface area (Å²) in [6, 6.07) is 0. The summed E-state index contributed by atoms with van der Waals surface area (Å²) in [5.74, 6) is -0.520. The van der Waals surface area contributed by atoms with Crippen molar-refractivity contribution in [3.8, 4) is 0 Å². The highest BCUT2D eigenvalue weighted by Crippen LogP contribution is 1.99. The van der Waals surface area contributed by atoms with Gasteiger partial charge in [-0.1, -0.05) is 0 Å². The Morgan fingerprint density at radius 3 is 2.30 bits per heavy atom. The normalized spacial score (nSPS) is 11.5. The molecule has 60 valence electrons. The molecule has 0 aromatic carbocycles. The van der Waals surface area contributed by atoms with Crippen molar-refractivity contribution >= 4 is 16.3 Å². The van der Waals surface area contributed by atoms with Crippen molar-refractivity contribution in [2.45, 2.75) is 19.1 Å². The summed E-state index contributed by atoms with van der Waals surface area (Å²) in [5, 5.41) is -0.493. The van der Waals surface area contributed by atoms with Crippen LogP contribution in [0.15, 0.2) is 0 Å². The van der Waals surface area contributed by atoms with Crippen LogP contribution in [0.5, 0.6) is 0 Å². The third kappa shape index (κ3) is 2.82. The second kappa shape index (κ2) is 3.55. The van der Waals surface area contributed by atoms with Gasteiger partial charge in [0.1, 0.15) is 0 Å². The van der Waals surface area contributed by atoms with Crippen molar-refractivity contribution in [2.75, 3.05) is 5.94 Å². The van der Waals surface area contributed by atoms with Gasteiger partial charge in [-0.2, -0.15) is 0 Å². The minimum atomic E-state index is -3.21. The second-order valence-electron chi connectivity index (χ2n) is 2.09. The van der Waals surface area contributed by atoms with E-state index in [9.17, 15) is 13.2 Å². The average Bonchev–Trinajstić information content (AvgIpc) is 1.84. The molecule has 0 radical (unpaired) electrons. The molecule has 0 bridgehead atoms. The van der Waals surface area contributed by atoms with E-state index >= 15 is 0 Å². The largest absolute Gasteiger partial charge is 0.451 e. The van der Waals surface area contributed by atoms with Crippen LogP contribution in [0.1, 0.15) is 13.8 Å². The van der Waals surface area contributed by atoms with Crippen LogP contribution in [-0.2, 0) is 19.4 Å². The lowest BCUT2D eigenvalue weighted by molar-refractivity contribution is -0.126. The van der Waals surface area contributed by atoms with Crippen LogP contribution >= 0.6 is 0 Å². The van der Waals surface area contributed by atoms with Crippen LogP contribution in [0.2, 0.25) is 0 Å². The summed E-state index contributed by atoms with van der Waals surface area (Å²) in [4.78, 5) is 9.59. The molecule has 0 aliphatic carbocycles. The van der Waals surface area contributed by atoms with Gasteiger partial charge in [0.25, 0.3) is 6.47 Å². The first kappa shape index (κ1) is 9.42. The van der Waals surface area contributed by atoms with E-state index in [2.05, 4.69) is 4.74 Å². The Labute approximate surface area is 60.1 Å². The number of hydrogen-bond acceptors (Lipinski definition) is 4. The number of sulfone groups is 1. The lowest BCUT2D eigenvalue weighted by Crippen LogP contribution is -2.19. The van der Waals surface area contributed by atoms with Gasteiger partial charge in [-0.15, -0.1) is 0 Å². The van der Waals surface area contributed by atoms with E-state index < -0.39 is 21.0 Å². The first-order valence-corrected chi connectivity index (χ1v) is 4.49. The zero-order valence-electron chi connectivity index (χ0n) is 5.90. The monoisotopic (exact) mass is 166 g/mol. The molecule has 0 heterocycles. The van der Waals surface area contributed by atoms with E-state index in [1.54, 1.807) is 0 Å². The summed E-state index contributed by atoms with van der Waals surface area (Å²) < 4.78 is 25.7. The Hall–Kier alpha value is -0.580. The second-order valence-corrected chi connectivity index (χ2v) is 4.60. The molecule has 0 saturated heterocycles. The van der Waals surface area contributed by atoms with Crippen LogP contribution < -0.4 is 0 Å². The van der Waals surface area contributed by atoms with Crippen LogP contribution in [0, 0.1) is 0 Å². The zero-order chi connectivity index (χ0) is 8.20. The summed E-state index contributed by atoms with van der Waals surface area (Å²) in [5.41, 5.74) is 0. The molecule has 0 aromatic heterocycles. The molecule has 0 unspecified atom stereocenters. The maximum Gasteiger partial charge on any atom is 0.294 e. The maximum atomic E-state index is 10.8. The van der Waals surface area contributed by atoms with Crippen molar-refractivity contribution in [3.05, 3.63) is 0 Å². The van der Waals surface area contributed by atoms with Gasteiger partial charge in [-0.25, -0.2) is 8.42 Å². The fourth-order valence-corrected chi connectivity index (χ4v) is 0.776. The zero-order valence-corrected chi connectivity index (χ0v) is 6.72. The Morgan fingerprint density at radius 1 is 1.50 bits per heavy atom. The van der Waals surface area contributed by atoms with E-state index in [1.807, 2.05) is 0 Å². The lowest BCUT2D eigenvalue weighted by Gasteiger charge is -2.04. The van der Waals surface area contributed by atoms with Crippen LogP contribution in [0.3, 0.4) is 0 Å². The molecule has 0 aliphatic rings. The summed E-state index contributed by atoms with van der Waals surface area (Å²) in [6.45, 7) is 3.19. The smallest absolute Gasteiger partial charge is 0.294 e. The van der Waals surface area contributed by atoms with E-state index in [0.717, 1.165) is 0 Å². The Morgan fingerprint density at radius 2 is 2.00 bits per heavy atom. The summed E-state index contributed by atoms with van der Waals surface area (Å²) in [7, 11) is -3.21. The Bertz CT molecular complexity index is 192. The molecule has 0 N–H and O–H groups in total. The van der Waals surface area contributed by atoms with Crippen molar-refractivity contribution < 1.29 is 17.9 Å². The third-order valence-corrected chi connectivity index (χ3v) is 2.92. The molecule has 0 fully saturated rings. The van der Waals surface area contributed by atoms with Gasteiger partial charge in [-0.3, -0.25) is 4.79 Å². The molecule has 0 saturated carbocycles. The number of ether oxygens (including phenoxy) is 1. The highest BCUT2D eigenvalue weighted by Gasteiger charge is 2.15. The lowest BCUT2D eigenvalue weighted by atomic mass is 10.6. The number of carbonyl (C=O) groups excluding carboxylic acids is 1. The predicted octanol–water partition coefficient (Wildman–Crippen LogP) is -0.0599. The van der Waals surface area contributed by atoms with E-state index in [-0.39, 0.29) is 6.47 Å². The molecule has 0 amide bonds. The minimum absolute atomic E-state index is 0.125. The molecule has 0 rings (SSSR count). The fraction of sp³-hybridized carbons (Fsp3) is 0.800. The van der Waals surface area contributed by atoms with Crippen molar-refractivity contribution in [3.63, 3.8) is 0 Å². The van der Waals surface area contributed by atoms with Crippen LogP contribution in [0.4, 0.5) is 0 Å². The van der Waals surface area contributed by atoms with E-state index in [1.165, 1.54) is 13.8 Å². The number of hydrogen-bond donors (Lipinski definition) is 0. The SMILES string of the molecule is CC(C)S(=O)(=O)COC=O. The van der Waals surface area contributed by atoms with Crippen molar-refractivity contribution in [2.24, 2.45) is 0 Å². The van der Waals surface area contributed by atoms with Gasteiger partial charge in [0.2, 0.25) is 0 Å². The van der Waals surface area contributed by atoms with Crippen molar-refractivity contribution in [1.29, 1.82) is 0 Å². The van der Waals surface area contributed by atoms with Gasteiger partial charge >= 0.3 is 0 Å². The molecule has 4 nitrogen and oxygen atoms in total. The van der Waals surface area contributed by atoms with Gasteiger partial charge < -0.3 is 4.74 Å². The van der Waals surface area contributed by atoms with Gasteiger partial charge in [-0.05, 0) is 13.8 Å². The molecule has 0 atom stereocenters. The first-order chi connectivity index (χ1) is 4.50. The first-order valence-electron chi connectivity index (χ1n) is 2.77. The van der Waals surface area contributed by atoms with Gasteiger partial charge in [0.15, 0.2) is 15.8 Å².